The molecular weight excluding hydrogens is 466 g/mol. The minimum Gasteiger partial charge on any atom is -0.497 e. The molecule has 35 heavy (non-hydrogen) atoms. The monoisotopic (exact) mass is 497 g/mol. The molecule has 1 atom stereocenters. The number of hydrogen-bond donors (Lipinski definition) is 1. The molecule has 1 N–H and O–H groups in total. The van der Waals surface area contributed by atoms with Gasteiger partial charge in [0.2, 0.25) is 15.9 Å². The second-order valence-corrected chi connectivity index (χ2v) is 10.4. The van der Waals surface area contributed by atoms with Gasteiger partial charge in [0.15, 0.2) is 0 Å². The van der Waals surface area contributed by atoms with E-state index in [0.29, 0.717) is 24.6 Å². The zero-order chi connectivity index (χ0) is 25.0. The Hall–Kier alpha value is -3.30. The molecule has 9 heteroatoms. The number of sulfonamides is 1. The fourth-order valence-corrected chi connectivity index (χ4v) is 5.47. The quantitative estimate of drug-likeness (QED) is 0.511. The third kappa shape index (κ3) is 5.86. The molecule has 0 saturated carbocycles. The molecule has 1 aliphatic heterocycles. The van der Waals surface area contributed by atoms with Gasteiger partial charge in [-0.2, -0.15) is 4.72 Å². The average molecular weight is 498 g/mol. The highest BCUT2D eigenvalue weighted by Gasteiger charge is 2.29. The summed E-state index contributed by atoms with van der Waals surface area (Å²) in [7, 11) is -2.37. The molecular formula is C26H31N3O5S. The molecule has 8 nitrogen and oxygen atoms in total. The van der Waals surface area contributed by atoms with Crippen LogP contribution in [0.15, 0.2) is 70.2 Å². The van der Waals surface area contributed by atoms with E-state index in [1.807, 2.05) is 0 Å². The van der Waals surface area contributed by atoms with E-state index in [4.69, 9.17) is 9.15 Å². The fourth-order valence-electron chi connectivity index (χ4n) is 4.26. The van der Waals surface area contributed by atoms with Crippen LogP contribution in [0.1, 0.15) is 29.3 Å². The Bertz CT molecular complexity index is 1250. The molecule has 186 valence electrons. The van der Waals surface area contributed by atoms with Crippen molar-refractivity contribution in [1.29, 1.82) is 0 Å². The molecule has 0 unspecified atom stereocenters. The molecule has 1 amide bonds. The molecule has 1 aliphatic rings. The molecule has 4 rings (SSSR count). The Kier molecular flexibility index (Phi) is 7.47. The average Bonchev–Trinajstić information content (AvgIpc) is 3.40. The number of aryl methyl sites for hydroxylation is 2. The molecule has 2 heterocycles. The van der Waals surface area contributed by atoms with Gasteiger partial charge in [0.25, 0.3) is 0 Å². The molecule has 0 radical (unpaired) electrons. The summed E-state index contributed by atoms with van der Waals surface area (Å²) in [6, 6.07) is 15.0. The summed E-state index contributed by atoms with van der Waals surface area (Å²) in [6.45, 7) is 6.75. The summed E-state index contributed by atoms with van der Waals surface area (Å²) in [6.07, 6.45) is 1.43. The van der Waals surface area contributed by atoms with Crippen LogP contribution in [0.5, 0.6) is 5.75 Å². The van der Waals surface area contributed by atoms with Gasteiger partial charge in [-0.1, -0.05) is 12.1 Å². The number of nitrogens with zero attached hydrogens (tertiary/aromatic N) is 2. The van der Waals surface area contributed by atoms with Crippen molar-refractivity contribution in [3.63, 3.8) is 0 Å². The first-order chi connectivity index (χ1) is 16.8. The van der Waals surface area contributed by atoms with Gasteiger partial charge in [-0.3, -0.25) is 4.79 Å². The van der Waals surface area contributed by atoms with Crippen LogP contribution in [0.2, 0.25) is 0 Å². The largest absolute Gasteiger partial charge is 0.497 e. The van der Waals surface area contributed by atoms with E-state index in [2.05, 4.69) is 41.7 Å². The first-order valence-corrected chi connectivity index (χ1v) is 13.0. The second kappa shape index (κ2) is 10.5. The number of nitrogens with one attached hydrogen (secondary N) is 1. The Balaban J connectivity index is 1.43. The van der Waals surface area contributed by atoms with Crippen molar-refractivity contribution in [3.8, 4) is 5.75 Å². The minimum absolute atomic E-state index is 0.0353. The summed E-state index contributed by atoms with van der Waals surface area (Å²) < 4.78 is 39.3. The lowest BCUT2D eigenvalue weighted by atomic mass is 10.1. The number of benzene rings is 2. The standard InChI is InChI=1S/C26H31N3O5S/c1-19-6-7-20(2)24(17-19)28-12-14-29(15-13-28)26(30)18-23(25-5-4-16-34-25)27-35(31,32)22-10-8-21(33-3)9-11-22/h4-11,16-17,23,27H,12-15,18H2,1-3H3/t23-/m0/s1. The van der Waals surface area contributed by atoms with Crippen LogP contribution < -0.4 is 14.4 Å². The van der Waals surface area contributed by atoms with E-state index in [-0.39, 0.29) is 17.2 Å². The highest BCUT2D eigenvalue weighted by atomic mass is 32.2. The van der Waals surface area contributed by atoms with Crippen LogP contribution in [0.3, 0.4) is 0 Å². The van der Waals surface area contributed by atoms with Crippen molar-refractivity contribution in [2.45, 2.75) is 31.2 Å². The Morgan fingerprint density at radius 1 is 1.06 bits per heavy atom. The molecule has 0 spiro atoms. The Morgan fingerprint density at radius 2 is 1.77 bits per heavy atom. The zero-order valence-electron chi connectivity index (χ0n) is 20.2. The van der Waals surface area contributed by atoms with Gasteiger partial charge < -0.3 is 19.0 Å². The third-order valence-corrected chi connectivity index (χ3v) is 7.76. The summed E-state index contributed by atoms with van der Waals surface area (Å²) in [5.74, 6) is 0.829. The fraction of sp³-hybridized carbons (Fsp3) is 0.346. The Morgan fingerprint density at radius 3 is 2.40 bits per heavy atom. The molecule has 1 aromatic heterocycles. The van der Waals surface area contributed by atoms with Gasteiger partial charge in [0.1, 0.15) is 11.5 Å². The van der Waals surface area contributed by atoms with Crippen molar-refractivity contribution in [2.75, 3.05) is 38.2 Å². The third-order valence-electron chi connectivity index (χ3n) is 6.27. The number of amides is 1. The van der Waals surface area contributed by atoms with Crippen LogP contribution in [0.25, 0.3) is 0 Å². The van der Waals surface area contributed by atoms with Gasteiger partial charge in [-0.15, -0.1) is 0 Å². The van der Waals surface area contributed by atoms with Crippen molar-refractivity contribution >= 4 is 21.6 Å². The number of anilines is 1. The normalized spacial score (nSPS) is 15.2. The number of ether oxygens (including phenoxy) is 1. The molecule has 0 bridgehead atoms. The zero-order valence-corrected chi connectivity index (χ0v) is 21.0. The van der Waals surface area contributed by atoms with Crippen LogP contribution in [0.4, 0.5) is 5.69 Å². The number of piperazine rings is 1. The van der Waals surface area contributed by atoms with Crippen LogP contribution >= 0.6 is 0 Å². The lowest BCUT2D eigenvalue weighted by molar-refractivity contribution is -0.132. The first-order valence-electron chi connectivity index (χ1n) is 11.6. The van der Waals surface area contributed by atoms with Crippen LogP contribution in [-0.2, 0) is 14.8 Å². The van der Waals surface area contributed by atoms with E-state index in [1.54, 1.807) is 29.2 Å². The molecule has 3 aromatic rings. The lowest BCUT2D eigenvalue weighted by Crippen LogP contribution is -2.49. The van der Waals surface area contributed by atoms with E-state index < -0.39 is 16.1 Å². The lowest BCUT2D eigenvalue weighted by Gasteiger charge is -2.37. The topological polar surface area (TPSA) is 92.1 Å². The summed E-state index contributed by atoms with van der Waals surface area (Å²) in [4.78, 5) is 17.4. The van der Waals surface area contributed by atoms with Gasteiger partial charge in [0.05, 0.1) is 30.7 Å². The number of hydrogen-bond acceptors (Lipinski definition) is 6. The smallest absolute Gasteiger partial charge is 0.241 e. The second-order valence-electron chi connectivity index (χ2n) is 8.73. The van der Waals surface area contributed by atoms with E-state index in [9.17, 15) is 13.2 Å². The Labute approximate surface area is 206 Å². The highest BCUT2D eigenvalue weighted by molar-refractivity contribution is 7.89. The molecule has 1 saturated heterocycles. The van der Waals surface area contributed by atoms with E-state index >= 15 is 0 Å². The minimum atomic E-state index is -3.89. The van der Waals surface area contributed by atoms with Gasteiger partial charge in [0, 0.05) is 31.9 Å². The number of furan rings is 1. The van der Waals surface area contributed by atoms with Crippen molar-refractivity contribution in [1.82, 2.24) is 9.62 Å². The van der Waals surface area contributed by atoms with Crippen molar-refractivity contribution in [2.24, 2.45) is 0 Å². The molecule has 2 aromatic carbocycles. The SMILES string of the molecule is COc1ccc(S(=O)(=O)N[C@@H](CC(=O)N2CCN(c3cc(C)ccc3C)CC2)c2ccco2)cc1. The summed E-state index contributed by atoms with van der Waals surface area (Å²) in [5, 5.41) is 0. The molecule has 1 fully saturated rings. The van der Waals surface area contributed by atoms with E-state index in [1.165, 1.54) is 42.3 Å². The van der Waals surface area contributed by atoms with Gasteiger partial charge >= 0.3 is 0 Å². The predicted octanol–water partition coefficient (Wildman–Crippen LogP) is 3.66. The predicted molar refractivity (Wildman–Crippen MR) is 134 cm³/mol. The maximum atomic E-state index is 13.2. The number of rotatable bonds is 8. The molecule has 0 aliphatic carbocycles. The summed E-state index contributed by atoms with van der Waals surface area (Å²) in [5.41, 5.74) is 3.61. The van der Waals surface area contributed by atoms with Crippen LogP contribution in [-0.4, -0.2) is 52.5 Å². The van der Waals surface area contributed by atoms with Crippen molar-refractivity contribution < 1.29 is 22.4 Å². The first kappa shape index (κ1) is 24.8. The summed E-state index contributed by atoms with van der Waals surface area (Å²) >= 11 is 0. The number of carbonyl (C=O) groups excluding carboxylic acids is 1. The van der Waals surface area contributed by atoms with Gasteiger partial charge in [-0.25, -0.2) is 8.42 Å². The van der Waals surface area contributed by atoms with Gasteiger partial charge in [-0.05, 0) is 67.4 Å². The highest BCUT2D eigenvalue weighted by Crippen LogP contribution is 2.25. The number of carbonyl (C=O) groups is 1. The van der Waals surface area contributed by atoms with Crippen LogP contribution in [0, 0.1) is 13.8 Å². The maximum absolute atomic E-state index is 13.2. The van der Waals surface area contributed by atoms with E-state index in [0.717, 1.165) is 13.1 Å². The maximum Gasteiger partial charge on any atom is 0.241 e. The van der Waals surface area contributed by atoms with Crippen molar-refractivity contribution in [3.05, 3.63) is 77.7 Å². The number of methoxy groups -OCH3 is 1.